The fraction of sp³-hybridized carbons (Fsp3) is 0.286. The van der Waals surface area contributed by atoms with Crippen LogP contribution in [0.2, 0.25) is 5.02 Å². The van der Waals surface area contributed by atoms with Crippen molar-refractivity contribution in [2.75, 3.05) is 26.8 Å². The molecule has 2 aromatic carbocycles. The first kappa shape index (κ1) is 22.2. The number of methoxy groups -OCH3 is 1. The number of ether oxygens (including phenoxy) is 2. The summed E-state index contributed by atoms with van der Waals surface area (Å²) < 4.78 is 10.2. The lowest BCUT2D eigenvalue weighted by Crippen LogP contribution is -2.31. The number of halogens is 1. The molecule has 154 valence electrons. The fourth-order valence-corrected chi connectivity index (χ4v) is 2.62. The zero-order valence-corrected chi connectivity index (χ0v) is 16.8. The van der Waals surface area contributed by atoms with Gasteiger partial charge in [-0.15, -0.1) is 0 Å². The minimum absolute atomic E-state index is 0.0339. The summed E-state index contributed by atoms with van der Waals surface area (Å²) in [6, 6.07) is 13.9. The Bertz CT molecular complexity index is 839. The number of amides is 2. The highest BCUT2D eigenvalue weighted by Gasteiger charge is 2.10. The molecule has 2 aromatic rings. The van der Waals surface area contributed by atoms with E-state index >= 15 is 0 Å². The molecular formula is C21H23ClN2O5. The van der Waals surface area contributed by atoms with Crippen molar-refractivity contribution in [3.8, 4) is 5.75 Å². The highest BCUT2D eigenvalue weighted by Crippen LogP contribution is 2.17. The van der Waals surface area contributed by atoms with Gasteiger partial charge in [0.1, 0.15) is 5.75 Å². The largest absolute Gasteiger partial charge is 0.496 e. The maximum atomic E-state index is 11.9. The minimum Gasteiger partial charge on any atom is -0.496 e. The second-order valence-corrected chi connectivity index (χ2v) is 6.52. The van der Waals surface area contributed by atoms with Crippen LogP contribution in [0.25, 0.3) is 0 Å². The Morgan fingerprint density at radius 2 is 1.69 bits per heavy atom. The number of rotatable bonds is 10. The van der Waals surface area contributed by atoms with Gasteiger partial charge in [0.05, 0.1) is 13.5 Å². The Kier molecular flexibility index (Phi) is 8.98. The standard InChI is InChI=1S/C21H23ClN2O5/c1-28-18-5-3-2-4-15(18)10-12-23-19(25)14-29-20(26)11-13-24-21(27)16-6-8-17(22)9-7-16/h2-9H,10-14H2,1H3,(H,23,25)(H,24,27). The predicted octanol–water partition coefficient (Wildman–Crippen LogP) is 2.37. The van der Waals surface area contributed by atoms with Crippen molar-refractivity contribution in [3.05, 3.63) is 64.7 Å². The third kappa shape index (κ3) is 7.83. The number of carbonyl (C=O) groups is 3. The van der Waals surface area contributed by atoms with Crippen molar-refractivity contribution >= 4 is 29.4 Å². The van der Waals surface area contributed by atoms with E-state index in [1.807, 2.05) is 24.3 Å². The van der Waals surface area contributed by atoms with Crippen LogP contribution >= 0.6 is 11.6 Å². The Balaban J connectivity index is 1.60. The maximum Gasteiger partial charge on any atom is 0.308 e. The molecule has 0 radical (unpaired) electrons. The lowest BCUT2D eigenvalue weighted by molar-refractivity contribution is -0.148. The van der Waals surface area contributed by atoms with Crippen LogP contribution in [-0.4, -0.2) is 44.6 Å². The topological polar surface area (TPSA) is 93.7 Å². The van der Waals surface area contributed by atoms with Crippen LogP contribution in [0, 0.1) is 0 Å². The molecule has 29 heavy (non-hydrogen) atoms. The quantitative estimate of drug-likeness (QED) is 0.578. The van der Waals surface area contributed by atoms with E-state index in [9.17, 15) is 14.4 Å². The summed E-state index contributed by atoms with van der Waals surface area (Å²) in [4.78, 5) is 35.4. The molecule has 0 aliphatic carbocycles. The molecule has 0 saturated heterocycles. The first-order chi connectivity index (χ1) is 14.0. The zero-order chi connectivity index (χ0) is 21.1. The van der Waals surface area contributed by atoms with Crippen molar-refractivity contribution in [1.29, 1.82) is 0 Å². The van der Waals surface area contributed by atoms with Crippen molar-refractivity contribution in [3.63, 3.8) is 0 Å². The lowest BCUT2D eigenvalue weighted by atomic mass is 10.1. The molecule has 8 heteroatoms. The van der Waals surface area contributed by atoms with E-state index in [-0.39, 0.29) is 25.5 Å². The van der Waals surface area contributed by atoms with Crippen molar-refractivity contribution in [2.45, 2.75) is 12.8 Å². The van der Waals surface area contributed by atoms with Crippen molar-refractivity contribution < 1.29 is 23.9 Å². The summed E-state index contributed by atoms with van der Waals surface area (Å²) in [7, 11) is 1.59. The molecule has 0 saturated carbocycles. The summed E-state index contributed by atoms with van der Waals surface area (Å²) in [6.07, 6.45) is 0.564. The van der Waals surface area contributed by atoms with Gasteiger partial charge < -0.3 is 20.1 Å². The third-order valence-electron chi connectivity index (χ3n) is 3.99. The zero-order valence-electron chi connectivity index (χ0n) is 16.1. The molecule has 0 atom stereocenters. The van der Waals surface area contributed by atoms with Crippen molar-refractivity contribution in [2.24, 2.45) is 0 Å². The number of esters is 1. The van der Waals surface area contributed by atoms with Gasteiger partial charge in [0.15, 0.2) is 6.61 Å². The lowest BCUT2D eigenvalue weighted by Gasteiger charge is -2.09. The van der Waals surface area contributed by atoms with E-state index in [2.05, 4.69) is 10.6 Å². The van der Waals surface area contributed by atoms with E-state index in [1.165, 1.54) is 0 Å². The van der Waals surface area contributed by atoms with Gasteiger partial charge in [-0.2, -0.15) is 0 Å². The molecule has 2 amide bonds. The van der Waals surface area contributed by atoms with E-state index in [0.717, 1.165) is 11.3 Å². The van der Waals surface area contributed by atoms with Gasteiger partial charge in [0.25, 0.3) is 11.8 Å². The number of benzene rings is 2. The average molecular weight is 419 g/mol. The molecule has 7 nitrogen and oxygen atoms in total. The summed E-state index contributed by atoms with van der Waals surface area (Å²) in [5.74, 6) is -0.517. The van der Waals surface area contributed by atoms with Gasteiger partial charge in [-0.1, -0.05) is 29.8 Å². The van der Waals surface area contributed by atoms with Crippen molar-refractivity contribution in [1.82, 2.24) is 10.6 Å². The Morgan fingerprint density at radius 3 is 2.41 bits per heavy atom. The highest BCUT2D eigenvalue weighted by molar-refractivity contribution is 6.30. The van der Waals surface area contributed by atoms with Gasteiger partial charge in [-0.25, -0.2) is 0 Å². The second kappa shape index (κ2) is 11.7. The fourth-order valence-electron chi connectivity index (χ4n) is 2.50. The third-order valence-corrected chi connectivity index (χ3v) is 4.25. The number of para-hydroxylation sites is 1. The number of nitrogens with one attached hydrogen (secondary N) is 2. The highest BCUT2D eigenvalue weighted by atomic mass is 35.5. The molecule has 0 bridgehead atoms. The van der Waals surface area contributed by atoms with Crippen LogP contribution in [-0.2, 0) is 20.7 Å². The number of carbonyl (C=O) groups excluding carboxylic acids is 3. The van der Waals surface area contributed by atoms with Gasteiger partial charge in [-0.05, 0) is 42.3 Å². The van der Waals surface area contributed by atoms with Gasteiger partial charge >= 0.3 is 5.97 Å². The van der Waals surface area contributed by atoms with Crippen LogP contribution in [0.15, 0.2) is 48.5 Å². The minimum atomic E-state index is -0.568. The average Bonchev–Trinajstić information content (AvgIpc) is 2.73. The van der Waals surface area contributed by atoms with Crippen LogP contribution in [0.3, 0.4) is 0 Å². The normalized spacial score (nSPS) is 10.1. The summed E-state index contributed by atoms with van der Waals surface area (Å²) in [5.41, 5.74) is 1.42. The van der Waals surface area contributed by atoms with Gasteiger partial charge in [0.2, 0.25) is 0 Å². The SMILES string of the molecule is COc1ccccc1CCNC(=O)COC(=O)CCNC(=O)c1ccc(Cl)cc1. The first-order valence-corrected chi connectivity index (χ1v) is 9.45. The van der Waals surface area contributed by atoms with Crippen LogP contribution in [0.5, 0.6) is 5.75 Å². The van der Waals surface area contributed by atoms with Crippen LogP contribution in [0.4, 0.5) is 0 Å². The van der Waals surface area contributed by atoms with Crippen LogP contribution < -0.4 is 15.4 Å². The van der Waals surface area contributed by atoms with Gasteiger partial charge in [0, 0.05) is 23.7 Å². The Labute approximate surface area is 174 Å². The molecule has 2 rings (SSSR count). The number of hydrogen-bond acceptors (Lipinski definition) is 5. The second-order valence-electron chi connectivity index (χ2n) is 6.09. The van der Waals surface area contributed by atoms with E-state index in [4.69, 9.17) is 21.1 Å². The molecular weight excluding hydrogens is 396 g/mol. The molecule has 0 unspecified atom stereocenters. The van der Waals surface area contributed by atoms with Gasteiger partial charge in [-0.3, -0.25) is 14.4 Å². The van der Waals surface area contributed by atoms with Crippen LogP contribution in [0.1, 0.15) is 22.3 Å². The van der Waals surface area contributed by atoms with E-state index in [1.54, 1.807) is 31.4 Å². The predicted molar refractivity (Wildman–Crippen MR) is 109 cm³/mol. The molecule has 0 heterocycles. The Hall–Kier alpha value is -3.06. The molecule has 0 aliphatic heterocycles. The monoisotopic (exact) mass is 418 g/mol. The molecule has 0 aromatic heterocycles. The summed E-state index contributed by atoms with van der Waals surface area (Å²) >= 11 is 5.77. The molecule has 0 fully saturated rings. The molecule has 2 N–H and O–H groups in total. The maximum absolute atomic E-state index is 11.9. The van der Waals surface area contributed by atoms with E-state index < -0.39 is 11.9 Å². The summed E-state index contributed by atoms with van der Waals surface area (Å²) in [6.45, 7) is 0.138. The smallest absolute Gasteiger partial charge is 0.308 e. The molecule has 0 aliphatic rings. The molecule has 0 spiro atoms. The summed E-state index contributed by atoms with van der Waals surface area (Å²) in [5, 5.41) is 5.82. The Morgan fingerprint density at radius 1 is 0.966 bits per heavy atom. The first-order valence-electron chi connectivity index (χ1n) is 9.07. The number of hydrogen-bond donors (Lipinski definition) is 2. The van der Waals surface area contributed by atoms with E-state index in [0.29, 0.717) is 23.6 Å².